The molecular formula is C13H20N4O3S. The van der Waals surface area contributed by atoms with Gasteiger partial charge >= 0.3 is 0 Å². The van der Waals surface area contributed by atoms with Crippen molar-refractivity contribution in [2.45, 2.75) is 4.90 Å². The van der Waals surface area contributed by atoms with E-state index in [1.807, 2.05) is 0 Å². The average Bonchev–Trinajstić information content (AvgIpc) is 2.53. The van der Waals surface area contributed by atoms with Crippen LogP contribution in [-0.2, 0) is 14.8 Å². The van der Waals surface area contributed by atoms with Crippen molar-refractivity contribution in [2.24, 2.45) is 0 Å². The summed E-state index contributed by atoms with van der Waals surface area (Å²) in [4.78, 5) is 14.0. The Morgan fingerprint density at radius 3 is 2.62 bits per heavy atom. The molecular weight excluding hydrogens is 292 g/mol. The first kappa shape index (κ1) is 15.7. The second-order valence-electron chi connectivity index (χ2n) is 4.69. The maximum atomic E-state index is 12.1. The monoisotopic (exact) mass is 312 g/mol. The van der Waals surface area contributed by atoms with E-state index in [-0.39, 0.29) is 17.3 Å². The molecule has 21 heavy (non-hydrogen) atoms. The van der Waals surface area contributed by atoms with Crippen molar-refractivity contribution in [1.82, 2.24) is 14.9 Å². The zero-order valence-electron chi connectivity index (χ0n) is 11.9. The van der Waals surface area contributed by atoms with E-state index in [9.17, 15) is 13.2 Å². The topological polar surface area (TPSA) is 90.5 Å². The lowest BCUT2D eigenvalue weighted by Crippen LogP contribution is -2.48. The van der Waals surface area contributed by atoms with Gasteiger partial charge in [-0.05, 0) is 19.2 Å². The third-order valence-corrected chi connectivity index (χ3v) is 4.82. The van der Waals surface area contributed by atoms with E-state index in [0.29, 0.717) is 18.8 Å². The molecule has 0 bridgehead atoms. The number of benzene rings is 1. The Balaban J connectivity index is 2.05. The van der Waals surface area contributed by atoms with Crippen LogP contribution in [0.3, 0.4) is 0 Å². The van der Waals surface area contributed by atoms with Gasteiger partial charge in [-0.25, -0.2) is 13.1 Å². The van der Waals surface area contributed by atoms with Gasteiger partial charge in [-0.2, -0.15) is 0 Å². The van der Waals surface area contributed by atoms with Crippen molar-refractivity contribution in [3.8, 4) is 0 Å². The summed E-state index contributed by atoms with van der Waals surface area (Å²) < 4.78 is 26.1. The van der Waals surface area contributed by atoms with Crippen LogP contribution in [0.5, 0.6) is 0 Å². The molecule has 1 aliphatic heterocycles. The number of rotatable bonds is 5. The molecule has 1 amide bonds. The minimum absolute atomic E-state index is 0.0341. The predicted molar refractivity (Wildman–Crippen MR) is 80.6 cm³/mol. The molecule has 0 unspecified atom stereocenters. The number of hydrogen-bond donors (Lipinski definition) is 3. The molecule has 2 rings (SSSR count). The van der Waals surface area contributed by atoms with Gasteiger partial charge in [0.05, 0.1) is 12.2 Å². The van der Waals surface area contributed by atoms with Crippen LogP contribution in [0.25, 0.3) is 0 Å². The molecule has 1 heterocycles. The summed E-state index contributed by atoms with van der Waals surface area (Å²) in [5.41, 5.74) is 0.426. The van der Waals surface area contributed by atoms with E-state index >= 15 is 0 Å². The predicted octanol–water partition coefficient (Wildman–Crippen LogP) is -0.562. The van der Waals surface area contributed by atoms with Crippen LogP contribution in [0.2, 0.25) is 0 Å². The fourth-order valence-electron chi connectivity index (χ4n) is 2.15. The molecule has 116 valence electrons. The number of nitrogens with zero attached hydrogens (tertiary/aromatic N) is 1. The smallest absolute Gasteiger partial charge is 0.242 e. The zero-order valence-corrected chi connectivity index (χ0v) is 12.7. The first-order valence-electron chi connectivity index (χ1n) is 6.79. The largest absolute Gasteiger partial charge is 0.375 e. The molecule has 0 saturated carbocycles. The van der Waals surface area contributed by atoms with Crippen molar-refractivity contribution < 1.29 is 13.2 Å². The lowest BCUT2D eigenvalue weighted by molar-refractivity contribution is -0.129. The van der Waals surface area contributed by atoms with Gasteiger partial charge in [0.2, 0.25) is 15.9 Å². The molecule has 3 N–H and O–H groups in total. The summed E-state index contributed by atoms with van der Waals surface area (Å²) >= 11 is 0. The average molecular weight is 312 g/mol. The number of sulfonamides is 1. The van der Waals surface area contributed by atoms with Gasteiger partial charge in [-0.15, -0.1) is 0 Å². The number of carbonyl (C=O) groups excluding carboxylic acids is 1. The van der Waals surface area contributed by atoms with Crippen LogP contribution in [0.4, 0.5) is 5.69 Å². The van der Waals surface area contributed by atoms with Gasteiger partial charge in [-0.3, -0.25) is 4.79 Å². The highest BCUT2D eigenvalue weighted by Gasteiger charge is 2.19. The lowest BCUT2D eigenvalue weighted by atomic mass is 10.3. The first-order valence-corrected chi connectivity index (χ1v) is 8.28. The van der Waals surface area contributed by atoms with E-state index in [0.717, 1.165) is 13.1 Å². The molecule has 1 aromatic rings. The minimum Gasteiger partial charge on any atom is -0.375 e. The summed E-state index contributed by atoms with van der Waals surface area (Å²) in [6.45, 7) is 3.01. The normalized spacial score (nSPS) is 15.8. The number of para-hydroxylation sites is 1. The van der Waals surface area contributed by atoms with Crippen molar-refractivity contribution in [2.75, 3.05) is 45.1 Å². The summed E-state index contributed by atoms with van der Waals surface area (Å²) in [5, 5.41) is 6.10. The van der Waals surface area contributed by atoms with Crippen molar-refractivity contribution in [1.29, 1.82) is 0 Å². The van der Waals surface area contributed by atoms with E-state index in [1.54, 1.807) is 23.1 Å². The number of piperazine rings is 1. The van der Waals surface area contributed by atoms with Gasteiger partial charge in [-0.1, -0.05) is 12.1 Å². The van der Waals surface area contributed by atoms with Crippen molar-refractivity contribution in [3.05, 3.63) is 24.3 Å². The van der Waals surface area contributed by atoms with Gasteiger partial charge in [0.15, 0.2) is 0 Å². The minimum atomic E-state index is -3.55. The van der Waals surface area contributed by atoms with Crippen molar-refractivity contribution >= 4 is 21.6 Å². The van der Waals surface area contributed by atoms with Crippen LogP contribution in [0.15, 0.2) is 29.2 Å². The molecule has 0 spiro atoms. The highest BCUT2D eigenvalue weighted by Crippen LogP contribution is 2.20. The maximum absolute atomic E-state index is 12.1. The summed E-state index contributed by atoms with van der Waals surface area (Å²) in [6, 6.07) is 6.53. The van der Waals surface area contributed by atoms with Crippen LogP contribution in [-0.4, -0.2) is 59.0 Å². The zero-order chi connectivity index (χ0) is 15.3. The molecule has 0 aromatic heterocycles. The Kier molecular flexibility index (Phi) is 5.16. The second-order valence-corrected chi connectivity index (χ2v) is 6.54. The molecule has 1 saturated heterocycles. The Hall–Kier alpha value is -1.64. The fraction of sp³-hybridized carbons (Fsp3) is 0.462. The Morgan fingerprint density at radius 1 is 1.29 bits per heavy atom. The highest BCUT2D eigenvalue weighted by molar-refractivity contribution is 7.89. The van der Waals surface area contributed by atoms with Crippen LogP contribution in [0, 0.1) is 0 Å². The molecule has 0 aliphatic carbocycles. The number of anilines is 1. The van der Waals surface area contributed by atoms with Gasteiger partial charge in [0, 0.05) is 26.2 Å². The molecule has 7 nitrogen and oxygen atoms in total. The molecule has 1 aliphatic rings. The molecule has 8 heteroatoms. The SMILES string of the molecule is CNS(=O)(=O)c1ccccc1NCC(=O)N1CCNCC1. The van der Waals surface area contributed by atoms with E-state index in [4.69, 9.17) is 0 Å². The van der Waals surface area contributed by atoms with Gasteiger partial charge in [0.25, 0.3) is 0 Å². The molecule has 1 fully saturated rings. The van der Waals surface area contributed by atoms with Crippen LogP contribution >= 0.6 is 0 Å². The number of carbonyl (C=O) groups is 1. The Labute approximate surface area is 124 Å². The molecule has 0 atom stereocenters. The number of hydrogen-bond acceptors (Lipinski definition) is 5. The van der Waals surface area contributed by atoms with Gasteiger partial charge < -0.3 is 15.5 Å². The Morgan fingerprint density at radius 2 is 1.95 bits per heavy atom. The standard InChI is InChI=1S/C13H20N4O3S/c1-14-21(19,20)12-5-3-2-4-11(12)16-10-13(18)17-8-6-15-7-9-17/h2-5,14-16H,6-10H2,1H3. The summed E-state index contributed by atoms with van der Waals surface area (Å²) in [6.07, 6.45) is 0. The van der Waals surface area contributed by atoms with Gasteiger partial charge in [0.1, 0.15) is 4.90 Å². The highest BCUT2D eigenvalue weighted by atomic mass is 32.2. The third kappa shape index (κ3) is 3.93. The van der Waals surface area contributed by atoms with E-state index in [1.165, 1.54) is 13.1 Å². The number of nitrogens with one attached hydrogen (secondary N) is 3. The maximum Gasteiger partial charge on any atom is 0.242 e. The summed E-state index contributed by atoms with van der Waals surface area (Å²) in [5.74, 6) is -0.0341. The molecule has 1 aromatic carbocycles. The fourth-order valence-corrected chi connectivity index (χ4v) is 3.06. The van der Waals surface area contributed by atoms with E-state index < -0.39 is 10.0 Å². The number of amides is 1. The third-order valence-electron chi connectivity index (χ3n) is 3.35. The van der Waals surface area contributed by atoms with E-state index in [2.05, 4.69) is 15.4 Å². The lowest BCUT2D eigenvalue weighted by Gasteiger charge is -2.27. The Bertz CT molecular complexity index is 597. The molecule has 0 radical (unpaired) electrons. The van der Waals surface area contributed by atoms with Crippen molar-refractivity contribution in [3.63, 3.8) is 0 Å². The van der Waals surface area contributed by atoms with Crippen LogP contribution in [0.1, 0.15) is 0 Å². The first-order chi connectivity index (χ1) is 10.0. The second kappa shape index (κ2) is 6.88. The summed E-state index contributed by atoms with van der Waals surface area (Å²) in [7, 11) is -2.19. The quantitative estimate of drug-likeness (QED) is 0.678. The van der Waals surface area contributed by atoms with Crippen LogP contribution < -0.4 is 15.4 Å².